The second-order valence-electron chi connectivity index (χ2n) is 4.97. The number of nitrogens with one attached hydrogen (secondary N) is 1. The van der Waals surface area contributed by atoms with Crippen molar-refractivity contribution in [1.29, 1.82) is 0 Å². The molecule has 1 aromatic carbocycles. The van der Waals surface area contributed by atoms with Crippen LogP contribution in [-0.4, -0.2) is 26.6 Å². The first-order chi connectivity index (χ1) is 9.95. The normalized spacial score (nSPS) is 12.4. The van der Waals surface area contributed by atoms with Gasteiger partial charge in [0.15, 0.2) is 0 Å². The minimum Gasteiger partial charge on any atom is -0.296 e. The van der Waals surface area contributed by atoms with Crippen LogP contribution in [0.25, 0.3) is 0 Å². The molecule has 0 radical (unpaired) electrons. The zero-order chi connectivity index (χ0) is 15.4. The highest BCUT2D eigenvalue weighted by atomic mass is 32.2. The number of hydrogen-bond donors (Lipinski definition) is 1. The van der Waals surface area contributed by atoms with Crippen LogP contribution in [-0.2, 0) is 16.6 Å². The van der Waals surface area contributed by atoms with Gasteiger partial charge in [0.25, 0.3) is 5.91 Å². The van der Waals surface area contributed by atoms with Crippen molar-refractivity contribution in [3.05, 3.63) is 40.4 Å². The molecule has 0 fully saturated rings. The molecule has 1 atom stereocenters. The Morgan fingerprint density at radius 2 is 2.14 bits per heavy atom. The lowest BCUT2D eigenvalue weighted by Crippen LogP contribution is -2.12. The summed E-state index contributed by atoms with van der Waals surface area (Å²) >= 11 is 1.38. The van der Waals surface area contributed by atoms with Crippen molar-refractivity contribution in [3.63, 3.8) is 0 Å². The molecular formula is C14H17N3O2S2. The molecule has 0 saturated carbocycles. The number of hydrogen-bond acceptors (Lipinski definition) is 5. The van der Waals surface area contributed by atoms with E-state index in [1.165, 1.54) is 11.3 Å². The van der Waals surface area contributed by atoms with E-state index in [0.717, 1.165) is 10.6 Å². The predicted octanol–water partition coefficient (Wildman–Crippen LogP) is 2.79. The first-order valence-electron chi connectivity index (χ1n) is 6.49. The fourth-order valence-corrected chi connectivity index (χ4v) is 3.11. The molecule has 0 bridgehead atoms. The van der Waals surface area contributed by atoms with Crippen LogP contribution in [0.3, 0.4) is 0 Å². The molecule has 1 heterocycles. The number of anilines is 1. The Morgan fingerprint density at radius 1 is 1.38 bits per heavy atom. The van der Waals surface area contributed by atoms with Gasteiger partial charge in [-0.1, -0.05) is 37.3 Å². The maximum absolute atomic E-state index is 12.2. The molecule has 7 heteroatoms. The molecule has 1 aromatic heterocycles. The van der Waals surface area contributed by atoms with Gasteiger partial charge in [-0.3, -0.25) is 14.3 Å². The minimum atomic E-state index is -0.930. The molecule has 21 heavy (non-hydrogen) atoms. The summed E-state index contributed by atoms with van der Waals surface area (Å²) in [5.41, 5.74) is 1.41. The van der Waals surface area contributed by atoms with Gasteiger partial charge in [-0.25, -0.2) is 0 Å². The van der Waals surface area contributed by atoms with Gasteiger partial charge in [-0.05, 0) is 17.7 Å². The summed E-state index contributed by atoms with van der Waals surface area (Å²) in [5, 5.41) is 12.1. The molecule has 1 amide bonds. The van der Waals surface area contributed by atoms with E-state index in [1.807, 2.05) is 19.9 Å². The summed E-state index contributed by atoms with van der Waals surface area (Å²) in [7, 11) is -0.930. The van der Waals surface area contributed by atoms with Crippen molar-refractivity contribution in [2.75, 3.05) is 11.6 Å². The molecular weight excluding hydrogens is 306 g/mol. The molecule has 0 aliphatic rings. The number of amides is 1. The molecule has 112 valence electrons. The topological polar surface area (TPSA) is 72.0 Å². The van der Waals surface area contributed by atoms with E-state index in [1.54, 1.807) is 24.5 Å². The van der Waals surface area contributed by atoms with E-state index < -0.39 is 10.8 Å². The van der Waals surface area contributed by atoms with E-state index >= 15 is 0 Å². The van der Waals surface area contributed by atoms with Crippen LogP contribution in [0.15, 0.2) is 24.3 Å². The summed E-state index contributed by atoms with van der Waals surface area (Å²) in [4.78, 5) is 12.2. The summed E-state index contributed by atoms with van der Waals surface area (Å²) in [6, 6.07) is 7.12. The van der Waals surface area contributed by atoms with Crippen molar-refractivity contribution >= 4 is 33.2 Å². The van der Waals surface area contributed by atoms with Crippen LogP contribution in [0.5, 0.6) is 0 Å². The molecule has 2 rings (SSSR count). The monoisotopic (exact) mass is 323 g/mol. The molecule has 0 aliphatic carbocycles. The van der Waals surface area contributed by atoms with Gasteiger partial charge in [-0.2, -0.15) is 0 Å². The maximum atomic E-state index is 12.2. The van der Waals surface area contributed by atoms with Crippen LogP contribution in [0.4, 0.5) is 5.13 Å². The second-order valence-corrected chi connectivity index (χ2v) is 7.42. The molecule has 0 saturated heterocycles. The van der Waals surface area contributed by atoms with Crippen LogP contribution < -0.4 is 5.32 Å². The third-order valence-electron chi connectivity index (χ3n) is 2.71. The number of carbonyl (C=O) groups excluding carboxylic acids is 1. The van der Waals surface area contributed by atoms with E-state index in [0.29, 0.717) is 16.4 Å². The lowest BCUT2D eigenvalue weighted by Gasteiger charge is -2.04. The van der Waals surface area contributed by atoms with Gasteiger partial charge in [-0.15, -0.1) is 10.2 Å². The third kappa shape index (κ3) is 4.44. The second kappa shape index (κ2) is 6.91. The Bertz CT molecular complexity index is 668. The highest BCUT2D eigenvalue weighted by molar-refractivity contribution is 7.83. The van der Waals surface area contributed by atoms with Crippen LogP contribution in [0.2, 0.25) is 0 Å². The van der Waals surface area contributed by atoms with Gasteiger partial charge < -0.3 is 0 Å². The third-order valence-corrected chi connectivity index (χ3v) is 4.59. The number of rotatable bonds is 5. The van der Waals surface area contributed by atoms with E-state index in [9.17, 15) is 9.00 Å². The Labute approximate surface area is 130 Å². The first-order valence-corrected chi connectivity index (χ1v) is 9.04. The largest absolute Gasteiger partial charge is 0.296 e. The maximum Gasteiger partial charge on any atom is 0.257 e. The van der Waals surface area contributed by atoms with Crippen LogP contribution >= 0.6 is 11.3 Å². The molecule has 2 aromatic rings. The fourth-order valence-electron chi connectivity index (χ4n) is 1.72. The Morgan fingerprint density at radius 3 is 2.76 bits per heavy atom. The first kappa shape index (κ1) is 15.8. The van der Waals surface area contributed by atoms with Crippen molar-refractivity contribution in [2.45, 2.75) is 25.5 Å². The molecule has 0 aliphatic heterocycles. The van der Waals surface area contributed by atoms with Gasteiger partial charge in [0.2, 0.25) is 5.13 Å². The summed E-state index contributed by atoms with van der Waals surface area (Å²) in [6.07, 6.45) is 1.64. The van der Waals surface area contributed by atoms with Crippen molar-refractivity contribution in [3.8, 4) is 0 Å². The zero-order valence-electron chi connectivity index (χ0n) is 12.1. The van der Waals surface area contributed by atoms with Gasteiger partial charge in [0, 0.05) is 34.3 Å². The molecule has 0 spiro atoms. The summed E-state index contributed by atoms with van der Waals surface area (Å²) in [6.45, 7) is 4.06. The van der Waals surface area contributed by atoms with Gasteiger partial charge in [0.05, 0.1) is 0 Å². The predicted molar refractivity (Wildman–Crippen MR) is 86.2 cm³/mol. The highest BCUT2D eigenvalue weighted by Gasteiger charge is 2.12. The zero-order valence-corrected chi connectivity index (χ0v) is 13.8. The molecule has 1 unspecified atom stereocenters. The number of aromatic nitrogens is 2. The number of nitrogens with zero attached hydrogens (tertiary/aromatic N) is 2. The smallest absolute Gasteiger partial charge is 0.257 e. The van der Waals surface area contributed by atoms with E-state index in [4.69, 9.17) is 0 Å². The van der Waals surface area contributed by atoms with Crippen molar-refractivity contribution in [2.24, 2.45) is 0 Å². The van der Waals surface area contributed by atoms with Crippen molar-refractivity contribution in [1.82, 2.24) is 10.2 Å². The summed E-state index contributed by atoms with van der Waals surface area (Å²) < 4.78 is 11.2. The lowest BCUT2D eigenvalue weighted by atomic mass is 10.1. The van der Waals surface area contributed by atoms with Crippen LogP contribution in [0.1, 0.15) is 40.7 Å². The lowest BCUT2D eigenvalue weighted by molar-refractivity contribution is 0.102. The average Bonchev–Trinajstić information content (AvgIpc) is 2.87. The Hall–Kier alpha value is -1.60. The fraction of sp³-hybridized carbons (Fsp3) is 0.357. The van der Waals surface area contributed by atoms with Crippen molar-refractivity contribution < 1.29 is 9.00 Å². The number of benzene rings is 1. The SMILES string of the molecule is CC(C)c1nnc(NC(=O)c2cccc(CS(C)=O)c2)s1. The average molecular weight is 323 g/mol. The van der Waals surface area contributed by atoms with E-state index in [-0.39, 0.29) is 11.8 Å². The molecule has 5 nitrogen and oxygen atoms in total. The highest BCUT2D eigenvalue weighted by Crippen LogP contribution is 2.22. The Balaban J connectivity index is 2.10. The molecule has 1 N–H and O–H groups in total. The quantitative estimate of drug-likeness (QED) is 0.918. The van der Waals surface area contributed by atoms with Gasteiger partial charge >= 0.3 is 0 Å². The van der Waals surface area contributed by atoms with E-state index in [2.05, 4.69) is 15.5 Å². The number of carbonyl (C=O) groups is 1. The minimum absolute atomic E-state index is 0.231. The van der Waals surface area contributed by atoms with Crippen LogP contribution in [0, 0.1) is 0 Å². The summed E-state index contributed by atoms with van der Waals surface area (Å²) in [5.74, 6) is 0.499. The van der Waals surface area contributed by atoms with Gasteiger partial charge in [0.1, 0.15) is 5.01 Å². The standard InChI is InChI=1S/C14H17N3O2S2/c1-9(2)13-16-17-14(20-13)15-12(18)11-6-4-5-10(7-11)8-21(3)19/h4-7,9H,8H2,1-3H3,(H,15,17,18). The Kier molecular flexibility index (Phi) is 5.19.